The van der Waals surface area contributed by atoms with Gasteiger partial charge in [-0.15, -0.1) is 0 Å². The maximum absolute atomic E-state index is 10.7. The first kappa shape index (κ1) is 10.4. The van der Waals surface area contributed by atoms with E-state index in [2.05, 4.69) is 9.97 Å². The lowest BCUT2D eigenvalue weighted by atomic mass is 10.1. The van der Waals surface area contributed by atoms with Gasteiger partial charge in [-0.25, -0.2) is 9.97 Å². The van der Waals surface area contributed by atoms with Crippen LogP contribution in [-0.2, 0) is 11.2 Å². The Morgan fingerprint density at radius 1 is 1.44 bits per heavy atom. The summed E-state index contributed by atoms with van der Waals surface area (Å²) < 4.78 is 5.15. The van der Waals surface area contributed by atoms with Gasteiger partial charge in [-0.1, -0.05) is 12.1 Å². The van der Waals surface area contributed by atoms with Gasteiger partial charge in [-0.2, -0.15) is 0 Å². The molecule has 1 N–H and O–H groups in total. The lowest BCUT2D eigenvalue weighted by Gasteiger charge is -2.06. The van der Waals surface area contributed by atoms with Crippen molar-refractivity contribution in [3.63, 3.8) is 0 Å². The van der Waals surface area contributed by atoms with E-state index in [-0.39, 0.29) is 6.42 Å². The summed E-state index contributed by atoms with van der Waals surface area (Å²) in [6, 6.07) is 5.35. The number of ether oxygens (including phenoxy) is 1. The van der Waals surface area contributed by atoms with Gasteiger partial charge in [0.25, 0.3) is 0 Å². The topological polar surface area (TPSA) is 72.3 Å². The largest absolute Gasteiger partial charge is 0.494 e. The fourth-order valence-electron chi connectivity index (χ4n) is 1.56. The van der Waals surface area contributed by atoms with Crippen molar-refractivity contribution in [3.05, 3.63) is 30.2 Å². The summed E-state index contributed by atoms with van der Waals surface area (Å²) in [5.41, 5.74) is 1.13. The average Bonchev–Trinajstić information content (AvgIpc) is 2.28. The third-order valence-corrected chi connectivity index (χ3v) is 2.25. The van der Waals surface area contributed by atoms with Crippen molar-refractivity contribution >= 4 is 16.9 Å². The number of carboxylic acids is 1. The quantitative estimate of drug-likeness (QED) is 0.839. The van der Waals surface area contributed by atoms with Crippen LogP contribution in [0, 0.1) is 0 Å². The first-order valence-corrected chi connectivity index (χ1v) is 4.70. The first-order chi connectivity index (χ1) is 7.72. The zero-order chi connectivity index (χ0) is 11.5. The van der Waals surface area contributed by atoms with Gasteiger partial charge in [0.15, 0.2) is 0 Å². The third-order valence-electron chi connectivity index (χ3n) is 2.25. The summed E-state index contributed by atoms with van der Waals surface area (Å²) in [7, 11) is 1.55. The molecule has 2 rings (SSSR count). The Morgan fingerprint density at radius 3 is 2.94 bits per heavy atom. The van der Waals surface area contributed by atoms with Gasteiger partial charge in [-0.3, -0.25) is 4.79 Å². The Balaban J connectivity index is 2.64. The molecule has 5 nitrogen and oxygen atoms in total. The smallest absolute Gasteiger partial charge is 0.309 e. The standard InChI is InChI=1S/C11H10N2O3/c1-16-9-4-2-3-7-8(5-10(14)15)12-6-13-11(7)9/h2-4,6H,5H2,1H3,(H,14,15). The molecule has 1 heterocycles. The van der Waals surface area contributed by atoms with Crippen LogP contribution in [0.1, 0.15) is 5.69 Å². The molecule has 0 spiro atoms. The maximum Gasteiger partial charge on any atom is 0.309 e. The molecule has 0 bridgehead atoms. The van der Waals surface area contributed by atoms with Crippen molar-refractivity contribution in [1.29, 1.82) is 0 Å². The zero-order valence-corrected chi connectivity index (χ0v) is 8.67. The highest BCUT2D eigenvalue weighted by molar-refractivity contribution is 5.88. The second kappa shape index (κ2) is 4.14. The number of hydrogen-bond donors (Lipinski definition) is 1. The van der Waals surface area contributed by atoms with Crippen LogP contribution < -0.4 is 4.74 Å². The van der Waals surface area contributed by atoms with E-state index in [1.54, 1.807) is 25.3 Å². The van der Waals surface area contributed by atoms with Crippen molar-refractivity contribution in [1.82, 2.24) is 9.97 Å². The lowest BCUT2D eigenvalue weighted by Crippen LogP contribution is -2.04. The minimum atomic E-state index is -0.914. The molecule has 0 radical (unpaired) electrons. The summed E-state index contributed by atoms with van der Waals surface area (Å²) in [5.74, 6) is -0.297. The van der Waals surface area contributed by atoms with Crippen molar-refractivity contribution < 1.29 is 14.6 Å². The van der Waals surface area contributed by atoms with Gasteiger partial charge in [0, 0.05) is 5.39 Å². The van der Waals surface area contributed by atoms with E-state index in [4.69, 9.17) is 9.84 Å². The highest BCUT2D eigenvalue weighted by Crippen LogP contribution is 2.24. The Bertz CT molecular complexity index is 540. The van der Waals surface area contributed by atoms with Gasteiger partial charge >= 0.3 is 5.97 Å². The van der Waals surface area contributed by atoms with Crippen LogP contribution >= 0.6 is 0 Å². The molecule has 0 aliphatic carbocycles. The number of nitrogens with zero attached hydrogens (tertiary/aromatic N) is 2. The van der Waals surface area contributed by atoms with Crippen LogP contribution in [0.4, 0.5) is 0 Å². The number of fused-ring (bicyclic) bond motifs is 1. The summed E-state index contributed by atoms with van der Waals surface area (Å²) in [4.78, 5) is 18.7. The van der Waals surface area contributed by atoms with Gasteiger partial charge < -0.3 is 9.84 Å². The number of methoxy groups -OCH3 is 1. The Hall–Kier alpha value is -2.17. The minimum absolute atomic E-state index is 0.119. The molecule has 16 heavy (non-hydrogen) atoms. The van der Waals surface area contributed by atoms with Gasteiger partial charge in [-0.05, 0) is 6.07 Å². The number of aliphatic carboxylic acids is 1. The summed E-state index contributed by atoms with van der Waals surface area (Å²) in [6.07, 6.45) is 1.23. The Labute approximate surface area is 91.7 Å². The number of benzene rings is 1. The first-order valence-electron chi connectivity index (χ1n) is 4.70. The molecule has 1 aromatic carbocycles. The fraction of sp³-hybridized carbons (Fsp3) is 0.182. The Kier molecular flexibility index (Phi) is 2.68. The molecule has 2 aromatic rings. The highest BCUT2D eigenvalue weighted by atomic mass is 16.5. The van der Waals surface area contributed by atoms with Crippen LogP contribution in [0.2, 0.25) is 0 Å². The molecule has 82 valence electrons. The van der Waals surface area contributed by atoms with Gasteiger partial charge in [0.2, 0.25) is 0 Å². The minimum Gasteiger partial charge on any atom is -0.494 e. The Morgan fingerprint density at radius 2 is 2.25 bits per heavy atom. The number of carboxylic acid groups (broad SMARTS) is 1. The van der Waals surface area contributed by atoms with Crippen molar-refractivity contribution in [2.24, 2.45) is 0 Å². The molecule has 0 aliphatic rings. The van der Waals surface area contributed by atoms with E-state index in [1.807, 2.05) is 0 Å². The molecule has 0 saturated heterocycles. The average molecular weight is 218 g/mol. The molecular formula is C11H10N2O3. The van der Waals surface area contributed by atoms with E-state index in [0.29, 0.717) is 22.3 Å². The van der Waals surface area contributed by atoms with Crippen LogP contribution in [0.3, 0.4) is 0 Å². The third kappa shape index (κ3) is 1.79. The molecule has 0 fully saturated rings. The predicted molar refractivity (Wildman–Crippen MR) is 57.4 cm³/mol. The summed E-state index contributed by atoms with van der Waals surface area (Å²) in [5, 5.41) is 9.47. The normalized spacial score (nSPS) is 10.3. The van der Waals surface area contributed by atoms with Crippen LogP contribution in [-0.4, -0.2) is 28.2 Å². The summed E-state index contributed by atoms with van der Waals surface area (Å²) in [6.45, 7) is 0. The lowest BCUT2D eigenvalue weighted by molar-refractivity contribution is -0.136. The van der Waals surface area contributed by atoms with Crippen molar-refractivity contribution in [2.45, 2.75) is 6.42 Å². The fourth-order valence-corrected chi connectivity index (χ4v) is 1.56. The monoisotopic (exact) mass is 218 g/mol. The molecule has 1 aromatic heterocycles. The van der Waals surface area contributed by atoms with Gasteiger partial charge in [0.05, 0.1) is 19.2 Å². The number of carbonyl (C=O) groups is 1. The molecule has 5 heteroatoms. The molecule has 0 aliphatic heterocycles. The van der Waals surface area contributed by atoms with Crippen molar-refractivity contribution in [3.8, 4) is 5.75 Å². The van der Waals surface area contributed by atoms with Crippen LogP contribution in [0.25, 0.3) is 10.9 Å². The number of para-hydroxylation sites is 1. The van der Waals surface area contributed by atoms with E-state index in [1.165, 1.54) is 6.33 Å². The second-order valence-electron chi connectivity index (χ2n) is 3.25. The van der Waals surface area contributed by atoms with Crippen LogP contribution in [0.5, 0.6) is 5.75 Å². The number of aromatic nitrogens is 2. The molecule has 0 atom stereocenters. The van der Waals surface area contributed by atoms with E-state index < -0.39 is 5.97 Å². The molecule has 0 saturated carbocycles. The van der Waals surface area contributed by atoms with Crippen LogP contribution in [0.15, 0.2) is 24.5 Å². The zero-order valence-electron chi connectivity index (χ0n) is 8.67. The van der Waals surface area contributed by atoms with E-state index in [9.17, 15) is 4.79 Å². The van der Waals surface area contributed by atoms with E-state index >= 15 is 0 Å². The SMILES string of the molecule is COc1cccc2c(CC(=O)O)ncnc12. The van der Waals surface area contributed by atoms with Gasteiger partial charge in [0.1, 0.15) is 17.6 Å². The highest BCUT2D eigenvalue weighted by Gasteiger charge is 2.10. The predicted octanol–water partition coefficient (Wildman–Crippen LogP) is 1.27. The summed E-state index contributed by atoms with van der Waals surface area (Å²) >= 11 is 0. The molecule has 0 amide bonds. The second-order valence-corrected chi connectivity index (χ2v) is 3.25. The molecular weight excluding hydrogens is 208 g/mol. The number of hydrogen-bond acceptors (Lipinski definition) is 4. The number of rotatable bonds is 3. The van der Waals surface area contributed by atoms with E-state index in [0.717, 1.165) is 0 Å². The maximum atomic E-state index is 10.7. The molecule has 0 unspecified atom stereocenters. The van der Waals surface area contributed by atoms with Crippen molar-refractivity contribution in [2.75, 3.05) is 7.11 Å².